The number of aromatic nitrogens is 2. The Bertz CT molecular complexity index is 377. The Labute approximate surface area is 95.2 Å². The maximum absolute atomic E-state index is 12.2. The van der Waals surface area contributed by atoms with Gasteiger partial charge in [0.1, 0.15) is 5.69 Å². The van der Waals surface area contributed by atoms with Gasteiger partial charge in [-0.3, -0.25) is 4.79 Å². The van der Waals surface area contributed by atoms with Crippen molar-refractivity contribution in [1.82, 2.24) is 14.5 Å². The van der Waals surface area contributed by atoms with Gasteiger partial charge >= 0.3 is 0 Å². The number of amides is 1. The molecule has 1 aliphatic heterocycles. The smallest absolute Gasteiger partial charge is 0.272 e. The van der Waals surface area contributed by atoms with Gasteiger partial charge in [0, 0.05) is 26.2 Å². The van der Waals surface area contributed by atoms with Gasteiger partial charge in [0.05, 0.1) is 12.5 Å². The van der Waals surface area contributed by atoms with Crippen LogP contribution < -0.4 is 5.73 Å². The van der Waals surface area contributed by atoms with E-state index in [9.17, 15) is 4.79 Å². The predicted molar refractivity (Wildman–Crippen MR) is 60.9 cm³/mol. The van der Waals surface area contributed by atoms with E-state index in [1.807, 2.05) is 11.9 Å². The Morgan fingerprint density at radius 2 is 2.31 bits per heavy atom. The van der Waals surface area contributed by atoms with Crippen LogP contribution in [0.25, 0.3) is 0 Å². The first-order valence-electron chi connectivity index (χ1n) is 5.59. The molecule has 88 valence electrons. The summed E-state index contributed by atoms with van der Waals surface area (Å²) in [5, 5.41) is 0. The summed E-state index contributed by atoms with van der Waals surface area (Å²) in [6.07, 6.45) is 4.24. The fourth-order valence-electron chi connectivity index (χ4n) is 2.29. The Balaban J connectivity index is 2.13. The van der Waals surface area contributed by atoms with Crippen LogP contribution in [0, 0.1) is 5.92 Å². The first-order valence-corrected chi connectivity index (χ1v) is 5.59. The molecule has 2 rings (SSSR count). The summed E-state index contributed by atoms with van der Waals surface area (Å²) >= 11 is 0. The number of carbonyl (C=O) groups excluding carboxylic acids is 1. The molecular weight excluding hydrogens is 204 g/mol. The number of rotatable bonds is 1. The van der Waals surface area contributed by atoms with Gasteiger partial charge in [-0.05, 0) is 12.3 Å². The number of piperidine rings is 1. The maximum atomic E-state index is 12.2. The first kappa shape index (κ1) is 11.1. The highest BCUT2D eigenvalue weighted by atomic mass is 16.2. The number of carbonyl (C=O) groups is 1. The summed E-state index contributed by atoms with van der Waals surface area (Å²) in [5.74, 6) is 0.503. The van der Waals surface area contributed by atoms with Gasteiger partial charge in [-0.2, -0.15) is 0 Å². The van der Waals surface area contributed by atoms with Gasteiger partial charge < -0.3 is 15.2 Å². The van der Waals surface area contributed by atoms with Crippen LogP contribution in [0.1, 0.15) is 23.8 Å². The Morgan fingerprint density at radius 3 is 2.88 bits per heavy atom. The molecule has 1 fully saturated rings. The summed E-state index contributed by atoms with van der Waals surface area (Å²) in [7, 11) is 1.83. The van der Waals surface area contributed by atoms with E-state index in [1.165, 1.54) is 0 Å². The molecule has 1 aromatic rings. The molecule has 0 aromatic carbocycles. The van der Waals surface area contributed by atoms with Crippen LogP contribution in [0.2, 0.25) is 0 Å². The van der Waals surface area contributed by atoms with Crippen molar-refractivity contribution >= 4 is 5.91 Å². The van der Waals surface area contributed by atoms with Crippen LogP contribution in [0.15, 0.2) is 12.5 Å². The van der Waals surface area contributed by atoms with Crippen molar-refractivity contribution in [1.29, 1.82) is 0 Å². The largest absolute Gasteiger partial charge is 0.336 e. The van der Waals surface area contributed by atoms with Crippen molar-refractivity contribution in [3.8, 4) is 0 Å². The molecule has 5 nitrogen and oxygen atoms in total. The minimum Gasteiger partial charge on any atom is -0.336 e. The third kappa shape index (κ3) is 2.09. The highest BCUT2D eigenvalue weighted by molar-refractivity contribution is 5.92. The minimum absolute atomic E-state index is 0.0296. The van der Waals surface area contributed by atoms with Gasteiger partial charge in [-0.25, -0.2) is 4.98 Å². The first-order chi connectivity index (χ1) is 7.58. The molecule has 1 aliphatic rings. The minimum atomic E-state index is 0.0296. The summed E-state index contributed by atoms with van der Waals surface area (Å²) in [6.45, 7) is 3.56. The van der Waals surface area contributed by atoms with E-state index in [0.717, 1.165) is 13.0 Å². The molecule has 1 aromatic heterocycles. The van der Waals surface area contributed by atoms with E-state index < -0.39 is 0 Å². The van der Waals surface area contributed by atoms with Gasteiger partial charge in [0.25, 0.3) is 5.91 Å². The van der Waals surface area contributed by atoms with Crippen molar-refractivity contribution in [3.05, 3.63) is 18.2 Å². The van der Waals surface area contributed by atoms with Crippen LogP contribution in [-0.4, -0.2) is 39.5 Å². The second-order valence-corrected chi connectivity index (χ2v) is 4.70. The molecule has 2 heterocycles. The topological polar surface area (TPSA) is 64.2 Å². The van der Waals surface area contributed by atoms with Gasteiger partial charge in [0.2, 0.25) is 0 Å². The summed E-state index contributed by atoms with van der Waals surface area (Å²) < 4.78 is 1.74. The Hall–Kier alpha value is -1.36. The molecule has 2 atom stereocenters. The number of nitrogens with two attached hydrogens (primary N) is 1. The SMILES string of the molecule is CC1CC(N)CN(C(=O)c2cncn2C)C1. The lowest BCUT2D eigenvalue weighted by atomic mass is 9.96. The van der Waals surface area contributed by atoms with Crippen molar-refractivity contribution in [2.45, 2.75) is 19.4 Å². The molecule has 1 amide bonds. The molecule has 1 saturated heterocycles. The molecule has 5 heteroatoms. The Kier molecular flexibility index (Phi) is 2.96. The molecule has 0 saturated carbocycles. The standard InChI is InChI=1S/C11H18N4O/c1-8-3-9(12)6-15(5-8)11(16)10-4-13-7-14(10)2/h4,7-9H,3,5-6,12H2,1-2H3. The van der Waals surface area contributed by atoms with Crippen molar-refractivity contribution in [2.24, 2.45) is 18.7 Å². The second-order valence-electron chi connectivity index (χ2n) is 4.70. The van der Waals surface area contributed by atoms with E-state index in [1.54, 1.807) is 17.1 Å². The number of imidazole rings is 1. The van der Waals surface area contributed by atoms with Crippen LogP contribution in [-0.2, 0) is 7.05 Å². The molecule has 2 N–H and O–H groups in total. The van der Waals surface area contributed by atoms with Crippen LogP contribution >= 0.6 is 0 Å². The van der Waals surface area contributed by atoms with Crippen LogP contribution in [0.3, 0.4) is 0 Å². The van der Waals surface area contributed by atoms with E-state index >= 15 is 0 Å². The van der Waals surface area contributed by atoms with Crippen molar-refractivity contribution < 1.29 is 4.79 Å². The van der Waals surface area contributed by atoms with Crippen molar-refractivity contribution in [2.75, 3.05) is 13.1 Å². The van der Waals surface area contributed by atoms with E-state index in [-0.39, 0.29) is 11.9 Å². The lowest BCUT2D eigenvalue weighted by Gasteiger charge is -2.34. The van der Waals surface area contributed by atoms with Crippen LogP contribution in [0.4, 0.5) is 0 Å². The number of nitrogens with zero attached hydrogens (tertiary/aromatic N) is 3. The number of hydrogen-bond donors (Lipinski definition) is 1. The fraction of sp³-hybridized carbons (Fsp3) is 0.636. The van der Waals surface area contributed by atoms with E-state index in [0.29, 0.717) is 18.2 Å². The fourth-order valence-corrected chi connectivity index (χ4v) is 2.29. The summed E-state index contributed by atoms with van der Waals surface area (Å²) in [6, 6.07) is 0.0981. The second kappa shape index (κ2) is 4.25. The lowest BCUT2D eigenvalue weighted by molar-refractivity contribution is 0.0651. The normalized spacial score (nSPS) is 25.8. The molecule has 2 unspecified atom stereocenters. The average Bonchev–Trinajstić information content (AvgIpc) is 2.62. The van der Waals surface area contributed by atoms with E-state index in [4.69, 9.17) is 5.73 Å². The number of likely N-dealkylation sites (tertiary alicyclic amines) is 1. The quantitative estimate of drug-likeness (QED) is 0.739. The molecule has 0 radical (unpaired) electrons. The van der Waals surface area contributed by atoms with Gasteiger partial charge in [-0.1, -0.05) is 6.92 Å². The van der Waals surface area contributed by atoms with Crippen LogP contribution in [0.5, 0.6) is 0 Å². The summed E-state index contributed by atoms with van der Waals surface area (Å²) in [4.78, 5) is 18.0. The Morgan fingerprint density at radius 1 is 1.56 bits per heavy atom. The number of hydrogen-bond acceptors (Lipinski definition) is 3. The molecule has 0 bridgehead atoms. The van der Waals surface area contributed by atoms with Crippen molar-refractivity contribution in [3.63, 3.8) is 0 Å². The maximum Gasteiger partial charge on any atom is 0.272 e. The van der Waals surface area contributed by atoms with Gasteiger partial charge in [0.15, 0.2) is 0 Å². The zero-order valence-electron chi connectivity index (χ0n) is 9.76. The monoisotopic (exact) mass is 222 g/mol. The zero-order valence-corrected chi connectivity index (χ0v) is 9.76. The molecular formula is C11H18N4O. The third-order valence-electron chi connectivity index (χ3n) is 3.02. The molecule has 16 heavy (non-hydrogen) atoms. The zero-order chi connectivity index (χ0) is 11.7. The lowest BCUT2D eigenvalue weighted by Crippen LogP contribution is -2.49. The highest BCUT2D eigenvalue weighted by Crippen LogP contribution is 2.17. The number of aryl methyl sites for hydroxylation is 1. The van der Waals surface area contributed by atoms with Gasteiger partial charge in [-0.15, -0.1) is 0 Å². The van der Waals surface area contributed by atoms with E-state index in [2.05, 4.69) is 11.9 Å². The highest BCUT2D eigenvalue weighted by Gasteiger charge is 2.27. The molecule has 0 spiro atoms. The predicted octanol–water partition coefficient (Wildman–Crippen LogP) is 0.229. The average molecular weight is 222 g/mol. The molecule has 0 aliphatic carbocycles. The summed E-state index contributed by atoms with van der Waals surface area (Å²) in [5.41, 5.74) is 6.55. The third-order valence-corrected chi connectivity index (χ3v) is 3.02.